The van der Waals surface area contributed by atoms with E-state index < -0.39 is 6.29 Å². The van der Waals surface area contributed by atoms with Crippen molar-refractivity contribution < 1.29 is 10.2 Å². The fourth-order valence-electron chi connectivity index (χ4n) is 1.28. The molecule has 0 aliphatic carbocycles. The Bertz CT molecular complexity index is 269. The lowest BCUT2D eigenvalue weighted by molar-refractivity contribution is -0.0424. The minimum atomic E-state index is -1.37. The SMILES string of the molecule is CN[C@H](C)Cc1ccc(C(O)O)cc1. The van der Waals surface area contributed by atoms with Gasteiger partial charge in [-0.05, 0) is 26.0 Å². The van der Waals surface area contributed by atoms with Gasteiger partial charge in [0.05, 0.1) is 0 Å². The maximum absolute atomic E-state index is 8.89. The molecule has 0 radical (unpaired) electrons. The van der Waals surface area contributed by atoms with E-state index in [1.807, 2.05) is 19.2 Å². The van der Waals surface area contributed by atoms with Crippen molar-refractivity contribution in [2.45, 2.75) is 25.7 Å². The molecule has 0 bridgehead atoms. The molecule has 1 rings (SSSR count). The van der Waals surface area contributed by atoms with Crippen LogP contribution in [0, 0.1) is 0 Å². The van der Waals surface area contributed by atoms with Gasteiger partial charge in [-0.25, -0.2) is 0 Å². The van der Waals surface area contributed by atoms with Crippen molar-refractivity contribution >= 4 is 0 Å². The highest BCUT2D eigenvalue weighted by atomic mass is 16.5. The second-order valence-electron chi connectivity index (χ2n) is 3.51. The predicted octanol–water partition coefficient (Wildman–Crippen LogP) is 0.820. The second-order valence-corrected chi connectivity index (χ2v) is 3.51. The number of rotatable bonds is 4. The average Bonchev–Trinajstić information content (AvgIpc) is 2.18. The Kier molecular flexibility index (Phi) is 4.07. The molecular weight excluding hydrogens is 178 g/mol. The lowest BCUT2D eigenvalue weighted by Crippen LogP contribution is -2.23. The van der Waals surface area contributed by atoms with Gasteiger partial charge in [-0.1, -0.05) is 24.3 Å². The summed E-state index contributed by atoms with van der Waals surface area (Å²) in [6.07, 6.45) is -0.427. The highest BCUT2D eigenvalue weighted by Gasteiger charge is 2.03. The molecule has 0 saturated heterocycles. The minimum absolute atomic E-state index is 0.430. The molecule has 0 heterocycles. The molecule has 0 saturated carbocycles. The first-order valence-electron chi connectivity index (χ1n) is 4.75. The number of hydrogen-bond donors (Lipinski definition) is 3. The normalized spacial score (nSPS) is 13.2. The van der Waals surface area contributed by atoms with Gasteiger partial charge in [0.25, 0.3) is 0 Å². The molecular formula is C11H17NO2. The average molecular weight is 195 g/mol. The summed E-state index contributed by atoms with van der Waals surface area (Å²) in [6.45, 7) is 2.11. The lowest BCUT2D eigenvalue weighted by atomic mass is 10.1. The van der Waals surface area contributed by atoms with E-state index in [2.05, 4.69) is 12.2 Å². The van der Waals surface area contributed by atoms with E-state index in [1.165, 1.54) is 5.56 Å². The van der Waals surface area contributed by atoms with Crippen molar-refractivity contribution in [2.24, 2.45) is 0 Å². The van der Waals surface area contributed by atoms with E-state index in [-0.39, 0.29) is 0 Å². The van der Waals surface area contributed by atoms with Gasteiger partial charge in [0.2, 0.25) is 0 Å². The Balaban J connectivity index is 2.64. The third kappa shape index (κ3) is 3.10. The van der Waals surface area contributed by atoms with Crippen LogP contribution in [-0.4, -0.2) is 23.3 Å². The van der Waals surface area contributed by atoms with Crippen LogP contribution in [0.15, 0.2) is 24.3 Å². The molecule has 0 fully saturated rings. The zero-order valence-corrected chi connectivity index (χ0v) is 8.57. The molecule has 1 aromatic rings. The van der Waals surface area contributed by atoms with Crippen LogP contribution in [0.25, 0.3) is 0 Å². The van der Waals surface area contributed by atoms with Crippen molar-refractivity contribution in [3.63, 3.8) is 0 Å². The van der Waals surface area contributed by atoms with Crippen molar-refractivity contribution in [3.05, 3.63) is 35.4 Å². The molecule has 3 heteroatoms. The zero-order valence-electron chi connectivity index (χ0n) is 8.57. The van der Waals surface area contributed by atoms with Crippen LogP contribution in [0.4, 0.5) is 0 Å². The summed E-state index contributed by atoms with van der Waals surface area (Å²) in [6, 6.07) is 7.75. The number of nitrogens with one attached hydrogen (secondary N) is 1. The molecule has 1 aromatic carbocycles. The largest absolute Gasteiger partial charge is 0.364 e. The molecule has 0 aliphatic rings. The molecule has 0 spiro atoms. The smallest absolute Gasteiger partial charge is 0.178 e. The Labute approximate surface area is 84.4 Å². The van der Waals surface area contributed by atoms with Crippen molar-refractivity contribution in [1.82, 2.24) is 5.32 Å². The maximum Gasteiger partial charge on any atom is 0.178 e. The van der Waals surface area contributed by atoms with Crippen LogP contribution in [-0.2, 0) is 6.42 Å². The lowest BCUT2D eigenvalue weighted by Gasteiger charge is -2.10. The van der Waals surface area contributed by atoms with Crippen LogP contribution in [0.5, 0.6) is 0 Å². The van der Waals surface area contributed by atoms with Gasteiger partial charge in [0.1, 0.15) is 0 Å². The van der Waals surface area contributed by atoms with Crippen LogP contribution < -0.4 is 5.32 Å². The predicted molar refractivity (Wildman–Crippen MR) is 55.8 cm³/mol. The van der Waals surface area contributed by atoms with Gasteiger partial charge in [-0.2, -0.15) is 0 Å². The Hall–Kier alpha value is -0.900. The van der Waals surface area contributed by atoms with E-state index in [0.717, 1.165) is 6.42 Å². The van der Waals surface area contributed by atoms with Crippen molar-refractivity contribution in [2.75, 3.05) is 7.05 Å². The summed E-state index contributed by atoms with van der Waals surface area (Å²) in [7, 11) is 1.93. The summed E-state index contributed by atoms with van der Waals surface area (Å²) in [5, 5.41) is 20.9. The summed E-state index contributed by atoms with van der Waals surface area (Å²) < 4.78 is 0. The summed E-state index contributed by atoms with van der Waals surface area (Å²) in [5.74, 6) is 0. The third-order valence-corrected chi connectivity index (χ3v) is 2.31. The first-order valence-corrected chi connectivity index (χ1v) is 4.75. The molecule has 1 atom stereocenters. The standard InChI is InChI=1S/C11H17NO2/c1-8(12-2)7-9-3-5-10(6-4-9)11(13)14/h3-6,8,11-14H,7H2,1-2H3/t8-/m1/s1. The van der Waals surface area contributed by atoms with Gasteiger partial charge in [0.15, 0.2) is 6.29 Å². The Morgan fingerprint density at radius 3 is 2.21 bits per heavy atom. The van der Waals surface area contributed by atoms with Crippen LogP contribution in [0.2, 0.25) is 0 Å². The zero-order chi connectivity index (χ0) is 10.6. The monoisotopic (exact) mass is 195 g/mol. The van der Waals surface area contributed by atoms with Gasteiger partial charge < -0.3 is 15.5 Å². The molecule has 78 valence electrons. The second kappa shape index (κ2) is 5.10. The number of hydrogen-bond acceptors (Lipinski definition) is 3. The van der Waals surface area contributed by atoms with E-state index >= 15 is 0 Å². The highest BCUT2D eigenvalue weighted by Crippen LogP contribution is 2.11. The molecule has 3 nitrogen and oxygen atoms in total. The van der Waals surface area contributed by atoms with Gasteiger partial charge in [-0.3, -0.25) is 0 Å². The summed E-state index contributed by atoms with van der Waals surface area (Å²) in [4.78, 5) is 0. The van der Waals surface area contributed by atoms with Gasteiger partial charge >= 0.3 is 0 Å². The van der Waals surface area contributed by atoms with Gasteiger partial charge in [0, 0.05) is 11.6 Å². The number of aliphatic hydroxyl groups excluding tert-OH is 1. The molecule has 0 aromatic heterocycles. The first kappa shape index (κ1) is 11.2. The molecule has 3 N–H and O–H groups in total. The quantitative estimate of drug-likeness (QED) is 0.623. The molecule has 14 heavy (non-hydrogen) atoms. The van der Waals surface area contributed by atoms with E-state index in [4.69, 9.17) is 10.2 Å². The molecule has 0 amide bonds. The minimum Gasteiger partial charge on any atom is -0.364 e. The van der Waals surface area contributed by atoms with Crippen LogP contribution in [0.1, 0.15) is 24.3 Å². The van der Waals surface area contributed by atoms with E-state index in [1.54, 1.807) is 12.1 Å². The number of likely N-dealkylation sites (N-methyl/N-ethyl adjacent to an activating group) is 1. The third-order valence-electron chi connectivity index (χ3n) is 2.31. The van der Waals surface area contributed by atoms with Gasteiger partial charge in [-0.15, -0.1) is 0 Å². The summed E-state index contributed by atoms with van der Waals surface area (Å²) in [5.41, 5.74) is 1.72. The van der Waals surface area contributed by atoms with Crippen LogP contribution in [0.3, 0.4) is 0 Å². The van der Waals surface area contributed by atoms with Crippen LogP contribution >= 0.6 is 0 Å². The Morgan fingerprint density at radius 2 is 1.79 bits per heavy atom. The maximum atomic E-state index is 8.89. The van der Waals surface area contributed by atoms with E-state index in [0.29, 0.717) is 11.6 Å². The number of aliphatic hydroxyl groups is 2. The highest BCUT2D eigenvalue weighted by molar-refractivity contribution is 5.23. The number of benzene rings is 1. The van der Waals surface area contributed by atoms with Crippen molar-refractivity contribution in [3.8, 4) is 0 Å². The fourth-order valence-corrected chi connectivity index (χ4v) is 1.28. The topological polar surface area (TPSA) is 52.5 Å². The Morgan fingerprint density at radius 1 is 1.21 bits per heavy atom. The molecule has 0 unspecified atom stereocenters. The fraction of sp³-hybridized carbons (Fsp3) is 0.455. The first-order chi connectivity index (χ1) is 6.63. The summed E-state index contributed by atoms with van der Waals surface area (Å²) >= 11 is 0. The van der Waals surface area contributed by atoms with E-state index in [9.17, 15) is 0 Å². The van der Waals surface area contributed by atoms with Crippen molar-refractivity contribution in [1.29, 1.82) is 0 Å². The molecule has 0 aliphatic heterocycles.